The molecule has 0 aromatic heterocycles. The molecular weight excluding hydrogens is 348 g/mol. The molecule has 1 aliphatic heterocycles. The Hall–Kier alpha value is -1.78. The summed E-state index contributed by atoms with van der Waals surface area (Å²) in [5, 5.41) is 5.52. The number of rotatable bonds is 5. The van der Waals surface area contributed by atoms with Gasteiger partial charge in [-0.25, -0.2) is 0 Å². The van der Waals surface area contributed by atoms with Gasteiger partial charge in [-0.3, -0.25) is 4.79 Å². The number of nitrogens with zero attached hydrogens (tertiary/aromatic N) is 1. The van der Waals surface area contributed by atoms with Crippen molar-refractivity contribution >= 4 is 29.1 Å². The maximum absolute atomic E-state index is 13.0. The first-order valence-electron chi connectivity index (χ1n) is 9.13. The van der Waals surface area contributed by atoms with Crippen LogP contribution in [-0.2, 0) is 4.79 Å². The molecule has 26 heavy (non-hydrogen) atoms. The normalized spacial score (nSPS) is 18.3. The number of fused-ring (bicyclic) bond motifs is 1. The Labute approximate surface area is 162 Å². The minimum atomic E-state index is -0.111. The van der Waals surface area contributed by atoms with Gasteiger partial charge >= 0.3 is 0 Å². The number of nitrogens with one attached hydrogen (secondary N) is 1. The van der Waals surface area contributed by atoms with E-state index in [1.165, 1.54) is 6.42 Å². The third-order valence-corrected chi connectivity index (χ3v) is 5.27. The van der Waals surface area contributed by atoms with Crippen molar-refractivity contribution in [1.82, 2.24) is 10.2 Å². The molecule has 5 heteroatoms. The minimum Gasteiger partial charge on any atom is -0.497 e. The first-order valence-corrected chi connectivity index (χ1v) is 9.13. The van der Waals surface area contributed by atoms with Gasteiger partial charge in [-0.1, -0.05) is 24.3 Å². The Morgan fingerprint density at radius 3 is 2.73 bits per heavy atom. The summed E-state index contributed by atoms with van der Waals surface area (Å²) in [4.78, 5) is 15.0. The predicted molar refractivity (Wildman–Crippen MR) is 109 cm³/mol. The van der Waals surface area contributed by atoms with E-state index >= 15 is 0 Å². The van der Waals surface area contributed by atoms with Crippen LogP contribution in [-0.4, -0.2) is 44.6 Å². The Morgan fingerprint density at radius 2 is 2.00 bits per heavy atom. The first-order chi connectivity index (χ1) is 12.1. The van der Waals surface area contributed by atoms with E-state index in [-0.39, 0.29) is 24.2 Å². The van der Waals surface area contributed by atoms with Gasteiger partial charge in [0.15, 0.2) is 0 Å². The zero-order chi connectivity index (χ0) is 17.8. The van der Waals surface area contributed by atoms with E-state index < -0.39 is 0 Å². The zero-order valence-corrected chi connectivity index (χ0v) is 16.6. The largest absolute Gasteiger partial charge is 0.497 e. The molecule has 0 bridgehead atoms. The minimum absolute atomic E-state index is 0. The summed E-state index contributed by atoms with van der Waals surface area (Å²) < 4.78 is 5.28. The standard InChI is InChI=1S/C21H28N2O2.ClH/c1-15(21(24)23-10-4-5-16(14-23)13-22-2)17-6-7-19-12-20(25-3)9-8-18(19)11-17;/h6-9,11-12,15-16,22H,4-5,10,13-14H2,1-3H3;1H. The average Bonchev–Trinajstić information content (AvgIpc) is 2.66. The highest BCUT2D eigenvalue weighted by molar-refractivity contribution is 5.88. The van der Waals surface area contributed by atoms with Gasteiger partial charge in [0.2, 0.25) is 5.91 Å². The second kappa shape index (κ2) is 9.24. The van der Waals surface area contributed by atoms with Crippen LogP contribution in [0.4, 0.5) is 0 Å². The number of ether oxygens (including phenoxy) is 1. The SMILES string of the molecule is CNCC1CCCN(C(=O)C(C)c2ccc3cc(OC)ccc3c2)C1.Cl. The molecule has 1 aliphatic rings. The van der Waals surface area contributed by atoms with Crippen LogP contribution in [0.25, 0.3) is 10.8 Å². The topological polar surface area (TPSA) is 41.6 Å². The van der Waals surface area contributed by atoms with Gasteiger partial charge in [-0.2, -0.15) is 0 Å². The number of halogens is 1. The Kier molecular flexibility index (Phi) is 7.30. The van der Waals surface area contributed by atoms with Gasteiger partial charge in [0, 0.05) is 13.1 Å². The summed E-state index contributed by atoms with van der Waals surface area (Å²) in [6, 6.07) is 12.3. The smallest absolute Gasteiger partial charge is 0.229 e. The predicted octanol–water partition coefficient (Wildman–Crippen LogP) is 3.83. The number of carbonyl (C=O) groups excluding carboxylic acids is 1. The summed E-state index contributed by atoms with van der Waals surface area (Å²) >= 11 is 0. The highest BCUT2D eigenvalue weighted by atomic mass is 35.5. The lowest BCUT2D eigenvalue weighted by Gasteiger charge is -2.34. The second-order valence-corrected chi connectivity index (χ2v) is 7.04. The molecule has 0 saturated carbocycles. The van der Waals surface area contributed by atoms with Gasteiger partial charge in [0.05, 0.1) is 13.0 Å². The fourth-order valence-electron chi connectivity index (χ4n) is 3.78. The van der Waals surface area contributed by atoms with Crippen LogP contribution in [0.15, 0.2) is 36.4 Å². The van der Waals surface area contributed by atoms with Crippen molar-refractivity contribution in [3.8, 4) is 5.75 Å². The Bertz CT molecular complexity index is 748. The fourth-order valence-corrected chi connectivity index (χ4v) is 3.78. The molecule has 1 saturated heterocycles. The summed E-state index contributed by atoms with van der Waals surface area (Å²) in [5.41, 5.74) is 1.08. The molecule has 2 aromatic carbocycles. The van der Waals surface area contributed by atoms with Crippen LogP contribution >= 0.6 is 12.4 Å². The molecular formula is C21H29ClN2O2. The van der Waals surface area contributed by atoms with Gasteiger partial charge < -0.3 is 15.0 Å². The second-order valence-electron chi connectivity index (χ2n) is 7.04. The highest BCUT2D eigenvalue weighted by Crippen LogP contribution is 2.27. The Morgan fingerprint density at radius 1 is 1.27 bits per heavy atom. The lowest BCUT2D eigenvalue weighted by molar-refractivity contribution is -0.134. The molecule has 2 unspecified atom stereocenters. The lowest BCUT2D eigenvalue weighted by Crippen LogP contribution is -2.44. The summed E-state index contributed by atoms with van der Waals surface area (Å²) in [6.45, 7) is 4.76. The van der Waals surface area contributed by atoms with Crippen LogP contribution in [0, 0.1) is 5.92 Å². The molecule has 1 amide bonds. The molecule has 1 N–H and O–H groups in total. The monoisotopic (exact) mass is 376 g/mol. The molecule has 0 radical (unpaired) electrons. The van der Waals surface area contributed by atoms with Crippen molar-refractivity contribution in [3.63, 3.8) is 0 Å². The number of benzene rings is 2. The number of methoxy groups -OCH3 is 1. The summed E-state index contributed by atoms with van der Waals surface area (Å²) in [7, 11) is 3.66. The van der Waals surface area contributed by atoms with E-state index in [0.717, 1.165) is 48.1 Å². The van der Waals surface area contributed by atoms with Crippen LogP contribution in [0.5, 0.6) is 5.75 Å². The first kappa shape index (κ1) is 20.5. The number of piperidine rings is 1. The van der Waals surface area contributed by atoms with E-state index in [0.29, 0.717) is 5.92 Å². The van der Waals surface area contributed by atoms with E-state index in [4.69, 9.17) is 4.74 Å². The molecule has 4 nitrogen and oxygen atoms in total. The van der Waals surface area contributed by atoms with Gasteiger partial charge in [0.25, 0.3) is 0 Å². The molecule has 0 aliphatic carbocycles. The molecule has 1 heterocycles. The molecule has 142 valence electrons. The van der Waals surface area contributed by atoms with E-state index in [2.05, 4.69) is 29.6 Å². The van der Waals surface area contributed by atoms with Crippen molar-refractivity contribution in [2.24, 2.45) is 5.92 Å². The van der Waals surface area contributed by atoms with Crippen LogP contribution in [0.1, 0.15) is 31.2 Å². The van der Waals surface area contributed by atoms with Gasteiger partial charge in [-0.05, 0) is 67.7 Å². The third kappa shape index (κ3) is 4.49. The number of hydrogen-bond donors (Lipinski definition) is 1. The van der Waals surface area contributed by atoms with Gasteiger partial charge in [-0.15, -0.1) is 12.4 Å². The third-order valence-electron chi connectivity index (χ3n) is 5.27. The summed E-state index contributed by atoms with van der Waals surface area (Å²) in [6.07, 6.45) is 2.30. The van der Waals surface area contributed by atoms with Crippen LogP contribution in [0.3, 0.4) is 0 Å². The zero-order valence-electron chi connectivity index (χ0n) is 15.8. The van der Waals surface area contributed by atoms with Crippen molar-refractivity contribution in [2.45, 2.75) is 25.7 Å². The quantitative estimate of drug-likeness (QED) is 0.862. The maximum Gasteiger partial charge on any atom is 0.229 e. The molecule has 1 fully saturated rings. The molecule has 2 atom stereocenters. The van der Waals surface area contributed by atoms with Crippen LogP contribution in [0.2, 0.25) is 0 Å². The fraction of sp³-hybridized carbons (Fsp3) is 0.476. The molecule has 2 aromatic rings. The number of hydrogen-bond acceptors (Lipinski definition) is 3. The van der Waals surface area contributed by atoms with Crippen molar-refractivity contribution in [2.75, 3.05) is 33.8 Å². The van der Waals surface area contributed by atoms with E-state index in [1.54, 1.807) is 7.11 Å². The number of likely N-dealkylation sites (tertiary alicyclic amines) is 1. The molecule has 3 rings (SSSR count). The van der Waals surface area contributed by atoms with E-state index in [1.807, 2.05) is 31.0 Å². The maximum atomic E-state index is 13.0. The highest BCUT2D eigenvalue weighted by Gasteiger charge is 2.27. The average molecular weight is 377 g/mol. The number of amides is 1. The van der Waals surface area contributed by atoms with Gasteiger partial charge in [0.1, 0.15) is 5.75 Å². The molecule has 0 spiro atoms. The van der Waals surface area contributed by atoms with Crippen molar-refractivity contribution in [1.29, 1.82) is 0 Å². The summed E-state index contributed by atoms with van der Waals surface area (Å²) in [5.74, 6) is 1.56. The van der Waals surface area contributed by atoms with Crippen molar-refractivity contribution < 1.29 is 9.53 Å². The van der Waals surface area contributed by atoms with Crippen LogP contribution < -0.4 is 10.1 Å². The van der Waals surface area contributed by atoms with Crippen molar-refractivity contribution in [3.05, 3.63) is 42.0 Å². The van der Waals surface area contributed by atoms with E-state index in [9.17, 15) is 4.79 Å². The Balaban J connectivity index is 0.00000243. The lowest BCUT2D eigenvalue weighted by atomic mass is 9.93. The number of carbonyl (C=O) groups is 1.